The molecule has 3 atom stereocenters. The van der Waals surface area contributed by atoms with Crippen LogP contribution in [0.3, 0.4) is 0 Å². The van der Waals surface area contributed by atoms with Gasteiger partial charge in [0.15, 0.2) is 5.72 Å². The van der Waals surface area contributed by atoms with Crippen LogP contribution in [0.2, 0.25) is 0 Å². The highest BCUT2D eigenvalue weighted by Gasteiger charge is 2.65. The van der Waals surface area contributed by atoms with Crippen LogP contribution in [-0.2, 0) is 9.53 Å². The van der Waals surface area contributed by atoms with Crippen LogP contribution < -0.4 is 4.74 Å². The van der Waals surface area contributed by atoms with E-state index in [1.807, 2.05) is 30.3 Å². The zero-order valence-corrected chi connectivity index (χ0v) is 16.0. The Labute approximate surface area is 167 Å². The van der Waals surface area contributed by atoms with Crippen LogP contribution >= 0.6 is 0 Å². The molecule has 0 aliphatic carbocycles. The second-order valence-corrected chi connectivity index (χ2v) is 7.68. The van der Waals surface area contributed by atoms with E-state index in [-0.39, 0.29) is 24.0 Å². The van der Waals surface area contributed by atoms with E-state index in [4.69, 9.17) is 9.47 Å². The van der Waals surface area contributed by atoms with Gasteiger partial charge in [-0.1, -0.05) is 30.3 Å². The summed E-state index contributed by atoms with van der Waals surface area (Å²) in [7, 11) is 1.44. The van der Waals surface area contributed by atoms with Crippen molar-refractivity contribution in [2.75, 3.05) is 20.2 Å². The van der Waals surface area contributed by atoms with Gasteiger partial charge in [0.25, 0.3) is 5.91 Å². The van der Waals surface area contributed by atoms with E-state index in [1.165, 1.54) is 19.2 Å². The Balaban J connectivity index is 1.44. The van der Waals surface area contributed by atoms with Crippen LogP contribution in [0, 0.1) is 5.82 Å². The molecule has 3 fully saturated rings. The summed E-state index contributed by atoms with van der Waals surface area (Å²) in [6.07, 6.45) is 0.497. The summed E-state index contributed by atoms with van der Waals surface area (Å²) >= 11 is 0. The number of likely N-dealkylation sites (tertiary alicyclic amines) is 1. The van der Waals surface area contributed by atoms with E-state index in [0.717, 1.165) is 5.56 Å². The topological polar surface area (TPSA) is 59.1 Å². The minimum atomic E-state index is -0.823. The number of halogens is 1. The van der Waals surface area contributed by atoms with Gasteiger partial charge in [-0.2, -0.15) is 0 Å². The van der Waals surface area contributed by atoms with Crippen LogP contribution in [-0.4, -0.2) is 53.6 Å². The fourth-order valence-corrected chi connectivity index (χ4v) is 4.86. The number of benzene rings is 2. The molecule has 0 radical (unpaired) electrons. The number of hydrogen-bond donors (Lipinski definition) is 0. The molecule has 3 saturated heterocycles. The Morgan fingerprint density at radius 2 is 2.03 bits per heavy atom. The molecule has 150 valence electrons. The lowest BCUT2D eigenvalue weighted by Crippen LogP contribution is -2.48. The van der Waals surface area contributed by atoms with Crippen molar-refractivity contribution >= 4 is 11.8 Å². The second-order valence-electron chi connectivity index (χ2n) is 7.68. The maximum atomic E-state index is 14.5. The Bertz CT molecular complexity index is 982. The van der Waals surface area contributed by atoms with Crippen LogP contribution in [0.5, 0.6) is 5.75 Å². The first kappa shape index (κ1) is 18.1. The van der Waals surface area contributed by atoms with E-state index in [9.17, 15) is 14.0 Å². The molecule has 0 unspecified atom stereocenters. The van der Waals surface area contributed by atoms with E-state index in [2.05, 4.69) is 0 Å². The van der Waals surface area contributed by atoms with Crippen LogP contribution in [0.25, 0.3) is 0 Å². The minimum Gasteiger partial charge on any atom is -0.497 e. The molecular formula is C22H21FN2O4. The predicted molar refractivity (Wildman–Crippen MR) is 102 cm³/mol. The van der Waals surface area contributed by atoms with Gasteiger partial charge in [-0.25, -0.2) is 4.39 Å². The van der Waals surface area contributed by atoms with Gasteiger partial charge < -0.3 is 19.3 Å². The number of nitrogens with zero attached hydrogens (tertiary/aromatic N) is 2. The minimum absolute atomic E-state index is 0.0219. The van der Waals surface area contributed by atoms with Crippen molar-refractivity contribution in [2.24, 2.45) is 0 Å². The van der Waals surface area contributed by atoms with Gasteiger partial charge in [0, 0.05) is 19.0 Å². The SMILES string of the molecule is COc1ccc(C(=O)N2CC[C@@]34O[C@@H](c5ccccc5)CN3C(=O)C[C@@H]24)c(F)c1. The largest absolute Gasteiger partial charge is 0.497 e. The van der Waals surface area contributed by atoms with E-state index in [1.54, 1.807) is 15.9 Å². The molecule has 0 aromatic heterocycles. The fourth-order valence-electron chi connectivity index (χ4n) is 4.86. The third-order valence-corrected chi connectivity index (χ3v) is 6.27. The number of carbonyl (C=O) groups excluding carboxylic acids is 2. The number of rotatable bonds is 3. The Hall–Kier alpha value is -2.93. The van der Waals surface area contributed by atoms with Crippen LogP contribution in [0.1, 0.15) is 34.9 Å². The lowest BCUT2D eigenvalue weighted by Gasteiger charge is -2.32. The van der Waals surface area contributed by atoms with Crippen LogP contribution in [0.15, 0.2) is 48.5 Å². The highest BCUT2D eigenvalue weighted by molar-refractivity contribution is 5.96. The molecule has 2 aromatic rings. The Morgan fingerprint density at radius 1 is 1.24 bits per heavy atom. The molecule has 1 spiro atoms. The summed E-state index contributed by atoms with van der Waals surface area (Å²) in [5.74, 6) is -0.732. The van der Waals surface area contributed by atoms with Crippen molar-refractivity contribution < 1.29 is 23.5 Å². The molecular weight excluding hydrogens is 375 g/mol. The van der Waals surface area contributed by atoms with Gasteiger partial charge in [0.05, 0.1) is 31.7 Å². The lowest BCUT2D eigenvalue weighted by atomic mass is 10.1. The first-order chi connectivity index (χ1) is 14.0. The highest BCUT2D eigenvalue weighted by atomic mass is 19.1. The van der Waals surface area contributed by atoms with E-state index in [0.29, 0.717) is 25.3 Å². The maximum absolute atomic E-state index is 14.5. The summed E-state index contributed by atoms with van der Waals surface area (Å²) in [5, 5.41) is 0. The molecule has 0 bridgehead atoms. The Morgan fingerprint density at radius 3 is 2.76 bits per heavy atom. The molecule has 3 aliphatic rings. The smallest absolute Gasteiger partial charge is 0.257 e. The molecule has 3 aliphatic heterocycles. The zero-order valence-electron chi connectivity index (χ0n) is 16.0. The molecule has 29 heavy (non-hydrogen) atoms. The number of amides is 2. The van der Waals surface area contributed by atoms with Crippen molar-refractivity contribution in [1.29, 1.82) is 0 Å². The summed E-state index contributed by atoms with van der Waals surface area (Å²) in [6.45, 7) is 0.887. The van der Waals surface area contributed by atoms with Gasteiger partial charge >= 0.3 is 0 Å². The first-order valence-electron chi connectivity index (χ1n) is 9.71. The fraction of sp³-hybridized carbons (Fsp3) is 0.364. The van der Waals surface area contributed by atoms with Crippen LogP contribution in [0.4, 0.5) is 4.39 Å². The average Bonchev–Trinajstić information content (AvgIpc) is 3.36. The van der Waals surface area contributed by atoms with Crippen molar-refractivity contribution in [3.8, 4) is 5.75 Å². The van der Waals surface area contributed by atoms with Gasteiger partial charge in [0.1, 0.15) is 17.7 Å². The summed E-state index contributed by atoms with van der Waals surface area (Å²) in [4.78, 5) is 29.2. The average molecular weight is 396 g/mol. The number of methoxy groups -OCH3 is 1. The normalized spacial score (nSPS) is 27.9. The molecule has 0 saturated carbocycles. The molecule has 0 N–H and O–H groups in total. The third-order valence-electron chi connectivity index (χ3n) is 6.27. The quantitative estimate of drug-likeness (QED) is 0.801. The standard InChI is InChI=1S/C22H21FN2O4/c1-28-15-7-8-16(17(23)11-15)21(27)24-10-9-22-19(24)12-20(26)25(22)13-18(29-22)14-5-3-2-4-6-14/h2-8,11,18-19H,9-10,12-13H2,1H3/t18-,19-,22+/m1/s1. The molecule has 2 aromatic carbocycles. The summed E-state index contributed by atoms with van der Waals surface area (Å²) in [6, 6.07) is 13.5. The zero-order chi connectivity index (χ0) is 20.2. The van der Waals surface area contributed by atoms with Gasteiger partial charge in [0.2, 0.25) is 5.91 Å². The second kappa shape index (κ2) is 6.56. The first-order valence-corrected chi connectivity index (χ1v) is 9.71. The highest BCUT2D eigenvalue weighted by Crippen LogP contribution is 2.50. The number of ether oxygens (including phenoxy) is 2. The molecule has 2 amide bonds. The van der Waals surface area contributed by atoms with Gasteiger partial charge in [-0.3, -0.25) is 9.59 Å². The van der Waals surface area contributed by atoms with Gasteiger partial charge in [-0.15, -0.1) is 0 Å². The van der Waals surface area contributed by atoms with Crippen molar-refractivity contribution in [2.45, 2.75) is 30.7 Å². The van der Waals surface area contributed by atoms with Crippen molar-refractivity contribution in [3.63, 3.8) is 0 Å². The van der Waals surface area contributed by atoms with Crippen molar-refractivity contribution in [1.82, 2.24) is 9.80 Å². The summed E-state index contributed by atoms with van der Waals surface area (Å²) in [5.41, 5.74) is 0.163. The van der Waals surface area contributed by atoms with E-state index < -0.39 is 23.5 Å². The van der Waals surface area contributed by atoms with E-state index >= 15 is 0 Å². The number of carbonyl (C=O) groups is 2. The maximum Gasteiger partial charge on any atom is 0.257 e. The molecule has 7 heteroatoms. The predicted octanol–water partition coefficient (Wildman–Crippen LogP) is 2.75. The van der Waals surface area contributed by atoms with Crippen molar-refractivity contribution in [3.05, 3.63) is 65.5 Å². The molecule has 3 heterocycles. The summed E-state index contributed by atoms with van der Waals surface area (Å²) < 4.78 is 25.9. The van der Waals surface area contributed by atoms with Gasteiger partial charge in [-0.05, 0) is 17.7 Å². The molecule has 6 nitrogen and oxygen atoms in total. The monoisotopic (exact) mass is 396 g/mol. The lowest BCUT2D eigenvalue weighted by molar-refractivity contribution is -0.138. The molecule has 5 rings (SSSR count). The third kappa shape index (κ3) is 2.64. The number of hydrogen-bond acceptors (Lipinski definition) is 4. The Kier molecular flexibility index (Phi) is 4.10.